The van der Waals surface area contributed by atoms with E-state index in [2.05, 4.69) is 5.32 Å². The minimum atomic E-state index is -2.69. The maximum Gasteiger partial charge on any atom is 0.318 e. The van der Waals surface area contributed by atoms with Crippen molar-refractivity contribution in [2.45, 2.75) is 24.8 Å². The second-order valence-electron chi connectivity index (χ2n) is 4.05. The van der Waals surface area contributed by atoms with E-state index in [0.29, 0.717) is 13.2 Å². The molecule has 0 saturated carbocycles. The summed E-state index contributed by atoms with van der Waals surface area (Å²) in [7, 11) is 0. The number of alkyl halides is 2. The highest BCUT2D eigenvalue weighted by molar-refractivity contribution is 5.75. The van der Waals surface area contributed by atoms with Gasteiger partial charge in [0.2, 0.25) is 0 Å². The Bertz CT molecular complexity index is 246. The lowest BCUT2D eigenvalue weighted by atomic mass is 10.1. The molecule has 0 aromatic heterocycles. The van der Waals surface area contributed by atoms with E-state index in [9.17, 15) is 13.6 Å². The van der Waals surface area contributed by atoms with E-state index in [1.807, 2.05) is 0 Å². The summed E-state index contributed by atoms with van der Waals surface area (Å²) in [5, 5.41) is 2.73. The SMILES string of the molecule is O=C(NC1CCOCC1)N1CC(F)(F)C1. The van der Waals surface area contributed by atoms with Gasteiger partial charge in [0.25, 0.3) is 5.92 Å². The van der Waals surface area contributed by atoms with Crippen molar-refractivity contribution in [3.8, 4) is 0 Å². The predicted octanol–water partition coefficient (Wildman–Crippen LogP) is 0.826. The summed E-state index contributed by atoms with van der Waals surface area (Å²) < 4.78 is 30.1. The van der Waals surface area contributed by atoms with Crippen molar-refractivity contribution in [2.75, 3.05) is 26.3 Å². The zero-order valence-electron chi connectivity index (χ0n) is 8.34. The summed E-state index contributed by atoms with van der Waals surface area (Å²) in [6, 6.07) is -0.312. The van der Waals surface area contributed by atoms with Gasteiger partial charge < -0.3 is 15.0 Å². The molecule has 0 bridgehead atoms. The van der Waals surface area contributed by atoms with Gasteiger partial charge in [0.15, 0.2) is 0 Å². The minimum absolute atomic E-state index is 0.0699. The van der Waals surface area contributed by atoms with Gasteiger partial charge in [0.05, 0.1) is 13.1 Å². The van der Waals surface area contributed by atoms with Gasteiger partial charge in [-0.05, 0) is 12.8 Å². The van der Waals surface area contributed by atoms with E-state index < -0.39 is 19.0 Å². The molecule has 2 amide bonds. The lowest BCUT2D eigenvalue weighted by Crippen LogP contribution is -2.62. The highest BCUT2D eigenvalue weighted by Gasteiger charge is 2.46. The van der Waals surface area contributed by atoms with Gasteiger partial charge >= 0.3 is 6.03 Å². The van der Waals surface area contributed by atoms with Crippen LogP contribution in [-0.4, -0.2) is 49.2 Å². The molecule has 2 aliphatic heterocycles. The molecule has 0 atom stereocenters. The quantitative estimate of drug-likeness (QED) is 0.711. The van der Waals surface area contributed by atoms with Crippen molar-refractivity contribution in [3.63, 3.8) is 0 Å². The Morgan fingerprint density at radius 2 is 1.93 bits per heavy atom. The second-order valence-corrected chi connectivity index (χ2v) is 4.05. The average Bonchev–Trinajstić information content (AvgIpc) is 2.15. The number of hydrogen-bond donors (Lipinski definition) is 1. The van der Waals surface area contributed by atoms with Crippen LogP contribution in [0.4, 0.5) is 13.6 Å². The van der Waals surface area contributed by atoms with Gasteiger partial charge in [-0.15, -0.1) is 0 Å². The Hall–Kier alpha value is -0.910. The lowest BCUT2D eigenvalue weighted by molar-refractivity contribution is -0.110. The Morgan fingerprint density at radius 3 is 2.47 bits per heavy atom. The molecule has 0 unspecified atom stereocenters. The van der Waals surface area contributed by atoms with Crippen molar-refractivity contribution >= 4 is 6.03 Å². The fourth-order valence-electron chi connectivity index (χ4n) is 1.76. The van der Waals surface area contributed by atoms with Gasteiger partial charge in [-0.25, -0.2) is 13.6 Å². The van der Waals surface area contributed by atoms with E-state index in [0.717, 1.165) is 17.7 Å². The van der Waals surface area contributed by atoms with Crippen molar-refractivity contribution in [3.05, 3.63) is 0 Å². The first-order chi connectivity index (χ1) is 7.07. The van der Waals surface area contributed by atoms with Crippen molar-refractivity contribution < 1.29 is 18.3 Å². The van der Waals surface area contributed by atoms with E-state index in [4.69, 9.17) is 4.74 Å². The number of carbonyl (C=O) groups is 1. The molecule has 2 rings (SSSR count). The molecule has 0 aromatic rings. The fraction of sp³-hybridized carbons (Fsp3) is 0.889. The number of urea groups is 1. The maximum atomic E-state index is 12.5. The number of carbonyl (C=O) groups excluding carboxylic acids is 1. The third-order valence-electron chi connectivity index (χ3n) is 2.68. The topological polar surface area (TPSA) is 41.6 Å². The standard InChI is InChI=1S/C9H14F2N2O2/c10-9(11)5-13(6-9)8(14)12-7-1-3-15-4-2-7/h7H,1-6H2,(H,12,14). The fourth-order valence-corrected chi connectivity index (χ4v) is 1.76. The summed E-state index contributed by atoms with van der Waals surface area (Å²) in [6.07, 6.45) is 1.52. The lowest BCUT2D eigenvalue weighted by Gasteiger charge is -2.39. The number of amides is 2. The number of nitrogens with zero attached hydrogens (tertiary/aromatic N) is 1. The number of hydrogen-bond acceptors (Lipinski definition) is 2. The van der Waals surface area contributed by atoms with Crippen LogP contribution in [0, 0.1) is 0 Å². The summed E-state index contributed by atoms with van der Waals surface area (Å²) >= 11 is 0. The number of halogens is 2. The van der Waals surface area contributed by atoms with Crippen molar-refractivity contribution in [1.82, 2.24) is 10.2 Å². The molecule has 2 heterocycles. The first kappa shape index (κ1) is 10.6. The largest absolute Gasteiger partial charge is 0.381 e. The monoisotopic (exact) mass is 220 g/mol. The second kappa shape index (κ2) is 3.92. The average molecular weight is 220 g/mol. The van der Waals surface area contributed by atoms with Crippen LogP contribution >= 0.6 is 0 Å². The molecule has 1 N–H and O–H groups in total. The van der Waals surface area contributed by atoms with Gasteiger partial charge in [-0.1, -0.05) is 0 Å². The van der Waals surface area contributed by atoms with Gasteiger partial charge in [-0.2, -0.15) is 0 Å². The molecule has 0 radical (unpaired) electrons. The normalized spacial score (nSPS) is 25.9. The molecule has 0 aliphatic carbocycles. The van der Waals surface area contributed by atoms with Crippen LogP contribution in [0.15, 0.2) is 0 Å². The van der Waals surface area contributed by atoms with Crippen LogP contribution in [0.2, 0.25) is 0 Å². The van der Waals surface area contributed by atoms with Crippen molar-refractivity contribution in [2.24, 2.45) is 0 Å². The van der Waals surface area contributed by atoms with E-state index in [1.165, 1.54) is 0 Å². The Morgan fingerprint density at radius 1 is 1.33 bits per heavy atom. The van der Waals surface area contributed by atoms with Gasteiger partial charge in [0, 0.05) is 19.3 Å². The first-order valence-electron chi connectivity index (χ1n) is 5.08. The molecule has 15 heavy (non-hydrogen) atoms. The Labute approximate surface area is 86.6 Å². The van der Waals surface area contributed by atoms with E-state index in [-0.39, 0.29) is 12.1 Å². The third kappa shape index (κ3) is 2.56. The number of rotatable bonds is 1. The Kier molecular flexibility index (Phi) is 2.77. The smallest absolute Gasteiger partial charge is 0.318 e. The Balaban J connectivity index is 1.73. The maximum absolute atomic E-state index is 12.5. The number of likely N-dealkylation sites (tertiary alicyclic amines) is 1. The number of ether oxygens (including phenoxy) is 1. The van der Waals surface area contributed by atoms with Crippen LogP contribution in [0.25, 0.3) is 0 Å². The zero-order chi connectivity index (χ0) is 10.9. The molecule has 2 aliphatic rings. The zero-order valence-corrected chi connectivity index (χ0v) is 8.34. The molecule has 0 aromatic carbocycles. The predicted molar refractivity (Wildman–Crippen MR) is 48.9 cm³/mol. The number of nitrogens with one attached hydrogen (secondary N) is 1. The van der Waals surface area contributed by atoms with Crippen LogP contribution in [0.5, 0.6) is 0 Å². The van der Waals surface area contributed by atoms with Crippen LogP contribution in [0.3, 0.4) is 0 Å². The molecule has 6 heteroatoms. The molecule has 0 spiro atoms. The summed E-state index contributed by atoms with van der Waals surface area (Å²) in [5.74, 6) is -2.69. The molecular weight excluding hydrogens is 206 g/mol. The van der Waals surface area contributed by atoms with E-state index in [1.54, 1.807) is 0 Å². The first-order valence-corrected chi connectivity index (χ1v) is 5.08. The summed E-state index contributed by atoms with van der Waals surface area (Å²) in [5.41, 5.74) is 0. The van der Waals surface area contributed by atoms with Crippen LogP contribution < -0.4 is 5.32 Å². The highest BCUT2D eigenvalue weighted by atomic mass is 19.3. The molecule has 2 saturated heterocycles. The minimum Gasteiger partial charge on any atom is -0.381 e. The van der Waals surface area contributed by atoms with Gasteiger partial charge in [0.1, 0.15) is 0 Å². The molecular formula is C9H14F2N2O2. The highest BCUT2D eigenvalue weighted by Crippen LogP contribution is 2.26. The van der Waals surface area contributed by atoms with Crippen LogP contribution in [-0.2, 0) is 4.74 Å². The summed E-state index contributed by atoms with van der Waals surface area (Å²) in [4.78, 5) is 12.6. The molecule has 86 valence electrons. The van der Waals surface area contributed by atoms with Crippen molar-refractivity contribution in [1.29, 1.82) is 0 Å². The summed E-state index contributed by atoms with van der Waals surface area (Å²) in [6.45, 7) is 0.340. The van der Waals surface area contributed by atoms with E-state index >= 15 is 0 Å². The van der Waals surface area contributed by atoms with Crippen LogP contribution in [0.1, 0.15) is 12.8 Å². The third-order valence-corrected chi connectivity index (χ3v) is 2.68. The van der Waals surface area contributed by atoms with Gasteiger partial charge in [-0.3, -0.25) is 0 Å². The molecule has 4 nitrogen and oxygen atoms in total. The molecule has 2 fully saturated rings.